The van der Waals surface area contributed by atoms with E-state index in [-0.39, 0.29) is 25.6 Å². The van der Waals surface area contributed by atoms with Crippen molar-refractivity contribution in [2.75, 3.05) is 13.2 Å². The third kappa shape index (κ3) is 38.8. The van der Waals surface area contributed by atoms with Crippen LogP contribution in [0.3, 0.4) is 0 Å². The van der Waals surface area contributed by atoms with Crippen LogP contribution in [0.5, 0.6) is 0 Å². The fourth-order valence-electron chi connectivity index (χ4n) is 5.08. The second-order valence-electron chi connectivity index (χ2n) is 13.1. The van der Waals surface area contributed by atoms with E-state index in [0.29, 0.717) is 19.3 Å². The van der Waals surface area contributed by atoms with E-state index in [1.807, 2.05) is 24.3 Å². The maximum absolute atomic E-state index is 12.4. The molecule has 10 heteroatoms. The number of esters is 2. The normalized spacial score (nSPS) is 13.7. The van der Waals surface area contributed by atoms with Crippen molar-refractivity contribution in [2.45, 2.75) is 174 Å². The Labute approximate surface area is 309 Å². The van der Waals surface area contributed by atoms with Gasteiger partial charge in [0.05, 0.1) is 12.7 Å². The number of allylic oxidation sites excluding steroid dienone is 9. The van der Waals surface area contributed by atoms with Crippen molar-refractivity contribution in [1.29, 1.82) is 0 Å². The Balaban J connectivity index is 4.10. The van der Waals surface area contributed by atoms with Crippen molar-refractivity contribution in [3.63, 3.8) is 0 Å². The number of carbonyl (C=O) groups excluding carboxylic acids is 2. The molecule has 0 aromatic heterocycles. The fraction of sp³-hybridized carbons (Fsp3) is 0.707. The van der Waals surface area contributed by atoms with Crippen LogP contribution in [0.15, 0.2) is 60.8 Å². The SMILES string of the molecule is CCCCCCCC/C=C\CCCCCCCC(=O)O[C@H](COC(=O)CCC/C=C\C/C=C\C/C=C\C/C=C\[C@@H](O)CCCC)COP(=O)(O)O. The Bertz CT molecular complexity index is 1030. The van der Waals surface area contributed by atoms with E-state index >= 15 is 0 Å². The summed E-state index contributed by atoms with van der Waals surface area (Å²) < 4.78 is 26.3. The molecule has 0 fully saturated rings. The molecule has 0 saturated heterocycles. The molecule has 51 heavy (non-hydrogen) atoms. The average molecular weight is 739 g/mol. The van der Waals surface area contributed by atoms with Gasteiger partial charge in [-0.15, -0.1) is 0 Å². The second kappa shape index (κ2) is 36.1. The maximum atomic E-state index is 12.4. The van der Waals surface area contributed by atoms with Gasteiger partial charge in [-0.1, -0.05) is 139 Å². The first kappa shape index (κ1) is 48.7. The van der Waals surface area contributed by atoms with Gasteiger partial charge in [-0.25, -0.2) is 4.57 Å². The quantitative estimate of drug-likeness (QED) is 0.0251. The van der Waals surface area contributed by atoms with Crippen LogP contribution in [0.4, 0.5) is 0 Å². The van der Waals surface area contributed by atoms with Crippen molar-refractivity contribution >= 4 is 19.8 Å². The Morgan fingerprint density at radius 1 is 0.588 bits per heavy atom. The molecule has 0 aromatic carbocycles. The monoisotopic (exact) mass is 738 g/mol. The van der Waals surface area contributed by atoms with Gasteiger partial charge >= 0.3 is 19.8 Å². The summed E-state index contributed by atoms with van der Waals surface area (Å²) in [6, 6.07) is 0. The van der Waals surface area contributed by atoms with Crippen LogP contribution < -0.4 is 0 Å². The van der Waals surface area contributed by atoms with Crippen LogP contribution in [-0.4, -0.2) is 52.3 Å². The van der Waals surface area contributed by atoms with Crippen LogP contribution >= 0.6 is 7.82 Å². The van der Waals surface area contributed by atoms with E-state index < -0.39 is 32.5 Å². The number of aliphatic hydroxyl groups excluding tert-OH is 1. The van der Waals surface area contributed by atoms with Crippen molar-refractivity contribution in [2.24, 2.45) is 0 Å². The molecule has 0 spiro atoms. The summed E-state index contributed by atoms with van der Waals surface area (Å²) in [4.78, 5) is 42.7. The molecule has 2 atom stereocenters. The molecule has 0 amide bonds. The molecule has 0 aromatic rings. The Kier molecular flexibility index (Phi) is 34.5. The van der Waals surface area contributed by atoms with Crippen molar-refractivity contribution in [3.05, 3.63) is 60.8 Å². The molecule has 0 aliphatic heterocycles. The van der Waals surface area contributed by atoms with Gasteiger partial charge in [0.1, 0.15) is 6.61 Å². The molecule has 3 N–H and O–H groups in total. The zero-order valence-corrected chi connectivity index (χ0v) is 32.7. The van der Waals surface area contributed by atoms with E-state index in [9.17, 15) is 19.3 Å². The van der Waals surface area contributed by atoms with Crippen LogP contribution in [0, 0.1) is 0 Å². The topological polar surface area (TPSA) is 140 Å². The predicted octanol–water partition coefficient (Wildman–Crippen LogP) is 10.7. The lowest BCUT2D eigenvalue weighted by molar-refractivity contribution is -0.161. The largest absolute Gasteiger partial charge is 0.469 e. The van der Waals surface area contributed by atoms with E-state index in [4.69, 9.17) is 19.3 Å². The van der Waals surface area contributed by atoms with Gasteiger partial charge in [0.15, 0.2) is 6.10 Å². The number of hydrogen-bond donors (Lipinski definition) is 3. The summed E-state index contributed by atoms with van der Waals surface area (Å²) >= 11 is 0. The van der Waals surface area contributed by atoms with Gasteiger partial charge < -0.3 is 24.4 Å². The minimum Gasteiger partial charge on any atom is -0.462 e. The van der Waals surface area contributed by atoms with Crippen molar-refractivity contribution in [1.82, 2.24) is 0 Å². The van der Waals surface area contributed by atoms with E-state index in [2.05, 4.69) is 54.8 Å². The van der Waals surface area contributed by atoms with E-state index in [1.165, 1.54) is 38.5 Å². The van der Waals surface area contributed by atoms with Crippen LogP contribution in [-0.2, 0) is 28.2 Å². The van der Waals surface area contributed by atoms with Gasteiger partial charge in [-0.3, -0.25) is 14.1 Å². The highest BCUT2D eigenvalue weighted by Gasteiger charge is 2.22. The first-order valence-corrected chi connectivity index (χ1v) is 21.2. The van der Waals surface area contributed by atoms with Gasteiger partial charge in [-0.2, -0.15) is 0 Å². The van der Waals surface area contributed by atoms with E-state index in [1.54, 1.807) is 0 Å². The Hall–Kier alpha value is -2.29. The maximum Gasteiger partial charge on any atom is 0.469 e. The summed E-state index contributed by atoms with van der Waals surface area (Å²) in [5.74, 6) is -0.987. The van der Waals surface area contributed by atoms with Crippen LogP contribution in [0.1, 0.15) is 162 Å². The first-order valence-electron chi connectivity index (χ1n) is 19.7. The highest BCUT2D eigenvalue weighted by molar-refractivity contribution is 7.46. The summed E-state index contributed by atoms with van der Waals surface area (Å²) in [6.07, 6.45) is 41.4. The zero-order valence-electron chi connectivity index (χ0n) is 31.8. The number of phosphoric acid groups is 1. The summed E-state index contributed by atoms with van der Waals surface area (Å²) in [5.41, 5.74) is 0. The molecular formula is C41H71O9P. The molecule has 0 heterocycles. The van der Waals surface area contributed by atoms with E-state index in [0.717, 1.165) is 77.0 Å². The lowest BCUT2D eigenvalue weighted by atomic mass is 10.1. The van der Waals surface area contributed by atoms with Crippen molar-refractivity contribution < 1.29 is 43.0 Å². The predicted molar refractivity (Wildman–Crippen MR) is 208 cm³/mol. The number of rotatable bonds is 35. The summed E-state index contributed by atoms with van der Waals surface area (Å²) in [6.45, 7) is 3.45. The molecule has 0 saturated carbocycles. The molecule has 0 aliphatic carbocycles. The Morgan fingerprint density at radius 2 is 1.08 bits per heavy atom. The fourth-order valence-corrected chi connectivity index (χ4v) is 5.44. The minimum atomic E-state index is -4.78. The van der Waals surface area contributed by atoms with Gasteiger partial charge in [0.2, 0.25) is 0 Å². The smallest absolute Gasteiger partial charge is 0.462 e. The van der Waals surface area contributed by atoms with Gasteiger partial charge in [-0.05, 0) is 70.6 Å². The molecule has 0 radical (unpaired) electrons. The van der Waals surface area contributed by atoms with Crippen LogP contribution in [0.25, 0.3) is 0 Å². The minimum absolute atomic E-state index is 0.171. The number of phosphoric ester groups is 1. The third-order valence-corrected chi connectivity index (χ3v) is 8.56. The van der Waals surface area contributed by atoms with Gasteiger partial charge in [0.25, 0.3) is 0 Å². The highest BCUT2D eigenvalue weighted by Crippen LogP contribution is 2.36. The molecule has 294 valence electrons. The first-order chi connectivity index (χ1) is 24.7. The molecule has 0 aliphatic rings. The summed E-state index contributed by atoms with van der Waals surface area (Å²) in [7, 11) is -4.78. The molecule has 0 unspecified atom stereocenters. The number of hydrogen-bond acceptors (Lipinski definition) is 7. The zero-order chi connectivity index (χ0) is 37.7. The second-order valence-corrected chi connectivity index (χ2v) is 14.3. The average Bonchev–Trinajstić information content (AvgIpc) is 3.09. The summed E-state index contributed by atoms with van der Waals surface area (Å²) in [5, 5.41) is 9.78. The molecular weight excluding hydrogens is 667 g/mol. The third-order valence-electron chi connectivity index (χ3n) is 8.08. The number of aliphatic hydroxyl groups is 1. The lowest BCUT2D eigenvalue weighted by Crippen LogP contribution is -2.29. The van der Waals surface area contributed by atoms with Gasteiger partial charge in [0, 0.05) is 12.8 Å². The molecule has 0 bridgehead atoms. The molecule has 9 nitrogen and oxygen atoms in total. The highest BCUT2D eigenvalue weighted by atomic mass is 31.2. The van der Waals surface area contributed by atoms with Crippen molar-refractivity contribution in [3.8, 4) is 0 Å². The number of unbranched alkanes of at least 4 members (excludes halogenated alkanes) is 13. The number of ether oxygens (including phenoxy) is 2. The molecule has 0 rings (SSSR count). The number of carbonyl (C=O) groups is 2. The van der Waals surface area contributed by atoms with Crippen LogP contribution in [0.2, 0.25) is 0 Å². The Morgan fingerprint density at radius 3 is 1.69 bits per heavy atom. The standard InChI is InChI=1S/C41H71O9P/c1-3-5-7-8-9-10-11-12-13-14-19-22-25-28-31-35-41(44)50-39(37-49-51(45,46)47)36-48-40(43)34-30-27-24-21-18-16-15-17-20-23-26-29-33-38(42)32-6-4-2/h12-13,15-16,20-21,23-24,29,33,38-39,42H,3-11,14,17-19,22,25-28,30-32,34-37H2,1-2H3,(H2,45,46,47)/b13-12-,16-15-,23-20-,24-21-,33-29-/t38-,39+/m0/s1. The lowest BCUT2D eigenvalue weighted by Gasteiger charge is -2.18.